The van der Waals surface area contributed by atoms with Crippen LogP contribution in [0.5, 0.6) is 5.75 Å². The molecule has 1 saturated heterocycles. The third-order valence-electron chi connectivity index (χ3n) is 6.19. The minimum atomic E-state index is -0.681. The van der Waals surface area contributed by atoms with Crippen LogP contribution < -0.4 is 10.1 Å². The van der Waals surface area contributed by atoms with E-state index in [4.69, 9.17) is 9.47 Å². The van der Waals surface area contributed by atoms with Crippen LogP contribution in [-0.2, 0) is 32.1 Å². The molecule has 0 radical (unpaired) electrons. The van der Waals surface area contributed by atoms with E-state index < -0.39 is 12.0 Å². The van der Waals surface area contributed by atoms with Crippen LogP contribution in [0.3, 0.4) is 0 Å². The summed E-state index contributed by atoms with van der Waals surface area (Å²) in [5.41, 5.74) is 3.89. The zero-order valence-corrected chi connectivity index (χ0v) is 21.3. The van der Waals surface area contributed by atoms with Crippen molar-refractivity contribution in [2.75, 3.05) is 12.4 Å². The Morgan fingerprint density at radius 2 is 1.83 bits per heavy atom. The number of fused-ring (bicyclic) bond motifs is 2. The van der Waals surface area contributed by atoms with Crippen LogP contribution in [0.15, 0.2) is 77.5 Å². The van der Waals surface area contributed by atoms with Gasteiger partial charge in [0.25, 0.3) is 5.91 Å². The lowest BCUT2D eigenvalue weighted by Crippen LogP contribution is -2.71. The topological polar surface area (TPSA) is 84.9 Å². The lowest BCUT2D eigenvalue weighted by atomic mass is 9.88. The number of hydrogen-bond acceptors (Lipinski definition) is 6. The first-order valence-electron chi connectivity index (χ1n) is 11.1. The Bertz CT molecular complexity index is 1230. The average Bonchev–Trinajstić information content (AvgIpc) is 2.87. The van der Waals surface area contributed by atoms with E-state index in [1.54, 1.807) is 31.0 Å². The van der Waals surface area contributed by atoms with Crippen molar-refractivity contribution in [2.24, 2.45) is 0 Å². The Morgan fingerprint density at radius 3 is 2.51 bits per heavy atom. The van der Waals surface area contributed by atoms with Crippen LogP contribution in [0.4, 0.5) is 0 Å². The van der Waals surface area contributed by atoms with Gasteiger partial charge in [0.15, 0.2) is 0 Å². The summed E-state index contributed by atoms with van der Waals surface area (Å²) < 4.78 is 10.7. The molecule has 180 valence electrons. The molecule has 1 N–H and O–H groups in total. The summed E-state index contributed by atoms with van der Waals surface area (Å²) in [4.78, 5) is 40.3. The summed E-state index contributed by atoms with van der Waals surface area (Å²) in [6.07, 6.45) is 2.12. The normalized spacial score (nSPS) is 22.2. The number of nitrogens with one attached hydrogen (secondary N) is 1. The molecule has 1 fully saturated rings. The van der Waals surface area contributed by atoms with Crippen LogP contribution in [0, 0.1) is 0 Å². The van der Waals surface area contributed by atoms with Crippen molar-refractivity contribution < 1.29 is 23.9 Å². The van der Waals surface area contributed by atoms with Crippen molar-refractivity contribution in [2.45, 2.75) is 29.7 Å². The molecule has 2 aliphatic heterocycles. The number of nitrogens with zero attached hydrogens (tertiary/aromatic N) is 1. The number of methoxy groups -OCH3 is 1. The van der Waals surface area contributed by atoms with E-state index in [0.29, 0.717) is 11.1 Å². The number of thioether (sulfide) groups is 1. The van der Waals surface area contributed by atoms with Gasteiger partial charge in [0.05, 0.1) is 18.8 Å². The standard InChI is InChI=1S/C26H23BrN2O5S/c1-33-18-9-7-16(8-10-18)14-34-26(32)22-19-12-17(13-27)23(19)35-25-21(24(31)29(22)25)28-20(30)11-15-5-3-2-4-6-15/h2-10,12,21,23,25H,11,13-14H2,1H3,(H,28,30)/t21-,23+,25-/m1/s1. The molecule has 0 bridgehead atoms. The molecular formula is C26H23BrN2O5S. The van der Waals surface area contributed by atoms with Crippen molar-refractivity contribution >= 4 is 45.5 Å². The first-order chi connectivity index (χ1) is 17.0. The molecule has 0 unspecified atom stereocenters. The van der Waals surface area contributed by atoms with E-state index in [-0.39, 0.29) is 41.2 Å². The number of ether oxygens (including phenoxy) is 2. The Morgan fingerprint density at radius 1 is 1.09 bits per heavy atom. The van der Waals surface area contributed by atoms with Gasteiger partial charge in [-0.3, -0.25) is 14.5 Å². The average molecular weight is 555 g/mol. The highest BCUT2D eigenvalue weighted by molar-refractivity contribution is 9.09. The number of halogens is 1. The molecular weight excluding hydrogens is 532 g/mol. The van der Waals surface area contributed by atoms with Crippen LogP contribution in [-0.4, -0.2) is 51.8 Å². The number of hydrogen-bond donors (Lipinski definition) is 1. The van der Waals surface area contributed by atoms with Crippen molar-refractivity contribution in [1.29, 1.82) is 0 Å². The van der Waals surface area contributed by atoms with Crippen molar-refractivity contribution in [3.8, 4) is 5.75 Å². The second kappa shape index (κ2) is 9.91. The van der Waals surface area contributed by atoms with E-state index in [1.807, 2.05) is 48.5 Å². The molecule has 0 spiro atoms. The SMILES string of the molecule is COc1ccc(COC(=O)C2=C3C=C(CBr)[C@@H]3S[C@@H]3[C@H](NC(=O)Cc4ccccc4)C(=O)N23)cc1. The van der Waals surface area contributed by atoms with Gasteiger partial charge in [-0.25, -0.2) is 4.79 Å². The van der Waals surface area contributed by atoms with Gasteiger partial charge in [-0.05, 0) is 28.8 Å². The van der Waals surface area contributed by atoms with E-state index in [2.05, 4.69) is 21.2 Å². The van der Waals surface area contributed by atoms with Gasteiger partial charge in [0, 0.05) is 10.9 Å². The molecule has 3 aliphatic rings. The number of allylic oxidation sites excluding steroid dienone is 1. The molecule has 0 aromatic heterocycles. The van der Waals surface area contributed by atoms with Crippen LogP contribution in [0.2, 0.25) is 0 Å². The van der Waals surface area contributed by atoms with Crippen LogP contribution >= 0.6 is 27.7 Å². The third-order valence-corrected chi connectivity index (χ3v) is 8.43. The number of β-lactam (4-membered cyclic amide) rings is 1. The maximum Gasteiger partial charge on any atom is 0.355 e. The van der Waals surface area contributed by atoms with Crippen LogP contribution in [0.1, 0.15) is 11.1 Å². The summed E-state index contributed by atoms with van der Waals surface area (Å²) in [5, 5.41) is 3.17. The molecule has 5 rings (SSSR count). The smallest absolute Gasteiger partial charge is 0.355 e. The number of amides is 2. The second-order valence-electron chi connectivity index (χ2n) is 8.40. The quantitative estimate of drug-likeness (QED) is 0.306. The minimum absolute atomic E-state index is 0.0132. The molecule has 9 heteroatoms. The maximum atomic E-state index is 13.1. The molecule has 2 amide bonds. The highest BCUT2D eigenvalue weighted by atomic mass is 79.9. The van der Waals surface area contributed by atoms with Crippen molar-refractivity contribution in [3.05, 3.63) is 88.6 Å². The fourth-order valence-corrected chi connectivity index (χ4v) is 6.63. The Hall–Kier alpha value is -3.04. The zero-order valence-electron chi connectivity index (χ0n) is 18.9. The number of carbonyl (C=O) groups excluding carboxylic acids is 3. The summed E-state index contributed by atoms with van der Waals surface area (Å²) in [7, 11) is 1.59. The highest BCUT2D eigenvalue weighted by Crippen LogP contribution is 2.51. The Kier molecular flexibility index (Phi) is 6.71. The predicted molar refractivity (Wildman–Crippen MR) is 136 cm³/mol. The molecule has 0 saturated carbocycles. The summed E-state index contributed by atoms with van der Waals surface area (Å²) in [6, 6.07) is 15.9. The Labute approximate surface area is 215 Å². The van der Waals surface area contributed by atoms with E-state index in [1.165, 1.54) is 4.90 Å². The van der Waals surface area contributed by atoms with E-state index in [9.17, 15) is 14.4 Å². The number of rotatable bonds is 8. The molecule has 3 atom stereocenters. The first kappa shape index (κ1) is 23.7. The van der Waals surface area contributed by atoms with Crippen molar-refractivity contribution in [1.82, 2.24) is 10.2 Å². The van der Waals surface area contributed by atoms with Crippen molar-refractivity contribution in [3.63, 3.8) is 0 Å². The Balaban J connectivity index is 1.30. The summed E-state index contributed by atoms with van der Waals surface area (Å²) >= 11 is 5.07. The van der Waals surface area contributed by atoms with Gasteiger partial charge in [-0.1, -0.05) is 64.5 Å². The monoisotopic (exact) mass is 554 g/mol. The summed E-state index contributed by atoms with van der Waals surface area (Å²) in [6.45, 7) is 0.0797. The van der Waals surface area contributed by atoms with E-state index >= 15 is 0 Å². The lowest BCUT2D eigenvalue weighted by Gasteiger charge is -2.53. The van der Waals surface area contributed by atoms with Crippen LogP contribution in [0.25, 0.3) is 0 Å². The largest absolute Gasteiger partial charge is 0.497 e. The summed E-state index contributed by atoms with van der Waals surface area (Å²) in [5.74, 6) is -0.350. The maximum absolute atomic E-state index is 13.1. The molecule has 35 heavy (non-hydrogen) atoms. The zero-order chi connectivity index (χ0) is 24.5. The van der Waals surface area contributed by atoms with Gasteiger partial charge < -0.3 is 14.8 Å². The lowest BCUT2D eigenvalue weighted by molar-refractivity contribution is -0.153. The number of benzene rings is 2. The predicted octanol–water partition coefficient (Wildman–Crippen LogP) is 3.34. The molecule has 2 heterocycles. The van der Waals surface area contributed by atoms with Gasteiger partial charge in [0.2, 0.25) is 5.91 Å². The minimum Gasteiger partial charge on any atom is -0.497 e. The third kappa shape index (κ3) is 4.50. The number of esters is 1. The van der Waals surface area contributed by atoms with Gasteiger partial charge in [-0.2, -0.15) is 0 Å². The van der Waals surface area contributed by atoms with Gasteiger partial charge >= 0.3 is 5.97 Å². The fourth-order valence-electron chi connectivity index (χ4n) is 4.33. The van der Waals surface area contributed by atoms with Gasteiger partial charge in [-0.15, -0.1) is 11.8 Å². The fraction of sp³-hybridized carbons (Fsp3) is 0.269. The molecule has 2 aromatic rings. The van der Waals surface area contributed by atoms with E-state index in [0.717, 1.165) is 22.3 Å². The van der Waals surface area contributed by atoms with Gasteiger partial charge in [0.1, 0.15) is 29.5 Å². The molecule has 2 aromatic carbocycles. The number of carbonyl (C=O) groups is 3. The highest BCUT2D eigenvalue weighted by Gasteiger charge is 2.58. The molecule has 7 nitrogen and oxygen atoms in total. The molecule has 1 aliphatic carbocycles. The number of alkyl halides is 1. The second-order valence-corrected chi connectivity index (χ2v) is 10.2. The first-order valence-corrected chi connectivity index (χ1v) is 13.2.